The number of rotatable bonds is 4. The SMILES string of the molecule is O=C1NC(=O)C(CC#Cc2ccc(-c3ccccc3)cc2)(S(=O)(=O)c2ccc(F)cc2)S1. The van der Waals surface area contributed by atoms with Gasteiger partial charge in [0.05, 0.1) is 4.90 Å². The summed E-state index contributed by atoms with van der Waals surface area (Å²) in [6.07, 6.45) is -0.407. The molecule has 1 heterocycles. The lowest BCUT2D eigenvalue weighted by molar-refractivity contribution is -0.119. The molecule has 1 aliphatic heterocycles. The lowest BCUT2D eigenvalue weighted by atomic mass is 10.0. The van der Waals surface area contributed by atoms with Gasteiger partial charge in [0.1, 0.15) is 5.82 Å². The van der Waals surface area contributed by atoms with E-state index in [2.05, 4.69) is 11.8 Å². The number of carbonyl (C=O) groups is 2. The first-order chi connectivity index (χ1) is 15.3. The van der Waals surface area contributed by atoms with Gasteiger partial charge in [-0.05, 0) is 59.3 Å². The number of hydrogen-bond acceptors (Lipinski definition) is 5. The van der Waals surface area contributed by atoms with Crippen molar-refractivity contribution in [2.45, 2.75) is 15.4 Å². The fourth-order valence-corrected chi connectivity index (χ4v) is 6.36. The summed E-state index contributed by atoms with van der Waals surface area (Å²) in [7, 11) is -4.34. The molecule has 1 saturated heterocycles. The summed E-state index contributed by atoms with van der Waals surface area (Å²) in [6.45, 7) is 0. The molecule has 8 heteroatoms. The third-order valence-electron chi connectivity index (χ3n) is 4.92. The maximum atomic E-state index is 13.3. The Morgan fingerprint density at radius 1 is 0.875 bits per heavy atom. The van der Waals surface area contributed by atoms with Gasteiger partial charge in [-0.3, -0.25) is 14.9 Å². The number of halogens is 1. The predicted molar refractivity (Wildman–Crippen MR) is 121 cm³/mol. The highest BCUT2D eigenvalue weighted by Crippen LogP contribution is 2.43. The third-order valence-corrected chi connectivity index (χ3v) is 8.87. The fraction of sp³-hybridized carbons (Fsp3) is 0.0833. The van der Waals surface area contributed by atoms with Gasteiger partial charge < -0.3 is 0 Å². The smallest absolute Gasteiger partial charge is 0.285 e. The summed E-state index contributed by atoms with van der Waals surface area (Å²) < 4.78 is 37.6. The van der Waals surface area contributed by atoms with Crippen LogP contribution in [0, 0.1) is 17.7 Å². The average Bonchev–Trinajstić information content (AvgIpc) is 3.09. The number of imide groups is 1. The van der Waals surface area contributed by atoms with Crippen LogP contribution >= 0.6 is 11.8 Å². The van der Waals surface area contributed by atoms with Crippen molar-refractivity contribution in [1.29, 1.82) is 0 Å². The zero-order valence-corrected chi connectivity index (χ0v) is 18.2. The van der Waals surface area contributed by atoms with Crippen molar-refractivity contribution in [1.82, 2.24) is 5.32 Å². The molecule has 3 aromatic carbocycles. The number of sulfone groups is 1. The van der Waals surface area contributed by atoms with Gasteiger partial charge in [-0.2, -0.15) is 0 Å². The second-order valence-electron chi connectivity index (χ2n) is 6.98. The number of nitrogens with one attached hydrogen (secondary N) is 1. The Bertz CT molecular complexity index is 1340. The Balaban J connectivity index is 1.63. The van der Waals surface area contributed by atoms with E-state index in [1.54, 1.807) is 12.1 Å². The van der Waals surface area contributed by atoms with Gasteiger partial charge in [-0.1, -0.05) is 54.3 Å². The molecule has 0 radical (unpaired) electrons. The van der Waals surface area contributed by atoms with Crippen molar-refractivity contribution >= 4 is 32.7 Å². The molecular weight excluding hydrogens is 449 g/mol. The van der Waals surface area contributed by atoms with Crippen molar-refractivity contribution in [2.24, 2.45) is 0 Å². The van der Waals surface area contributed by atoms with Crippen LogP contribution in [0.1, 0.15) is 12.0 Å². The third kappa shape index (κ3) is 4.05. The quantitative estimate of drug-likeness (QED) is 0.457. The monoisotopic (exact) mass is 465 g/mol. The molecule has 0 saturated carbocycles. The van der Waals surface area contributed by atoms with Crippen molar-refractivity contribution in [3.05, 3.63) is 90.2 Å². The van der Waals surface area contributed by atoms with Crippen molar-refractivity contribution in [3.8, 4) is 23.0 Å². The van der Waals surface area contributed by atoms with Crippen molar-refractivity contribution in [2.75, 3.05) is 0 Å². The highest BCUT2D eigenvalue weighted by Gasteiger charge is 2.58. The first-order valence-corrected chi connectivity index (χ1v) is 11.8. The molecule has 1 unspecified atom stereocenters. The van der Waals surface area contributed by atoms with Gasteiger partial charge in [0.25, 0.3) is 11.1 Å². The summed E-state index contributed by atoms with van der Waals surface area (Å²) in [6, 6.07) is 21.3. The molecule has 1 atom stereocenters. The van der Waals surface area contributed by atoms with E-state index in [1.807, 2.05) is 47.8 Å². The summed E-state index contributed by atoms with van der Waals surface area (Å²) in [5.74, 6) is 4.04. The Morgan fingerprint density at radius 3 is 2.09 bits per heavy atom. The van der Waals surface area contributed by atoms with Gasteiger partial charge in [0.15, 0.2) is 0 Å². The van der Waals surface area contributed by atoms with Crippen LogP contribution in [0.25, 0.3) is 11.1 Å². The Hall–Kier alpha value is -3.41. The lowest BCUT2D eigenvalue weighted by Gasteiger charge is -2.22. The van der Waals surface area contributed by atoms with Crippen LogP contribution in [0.5, 0.6) is 0 Å². The molecule has 1 aliphatic rings. The topological polar surface area (TPSA) is 80.3 Å². The molecule has 0 spiro atoms. The Labute approximate surface area is 189 Å². The van der Waals surface area contributed by atoms with Gasteiger partial charge in [0.2, 0.25) is 13.9 Å². The largest absolute Gasteiger partial charge is 0.287 e. The van der Waals surface area contributed by atoms with E-state index in [4.69, 9.17) is 0 Å². The molecule has 160 valence electrons. The predicted octanol–water partition coefficient (Wildman–Crippen LogP) is 4.39. The van der Waals surface area contributed by atoms with Crippen LogP contribution < -0.4 is 5.32 Å². The number of benzene rings is 3. The van der Waals surface area contributed by atoms with E-state index in [0.29, 0.717) is 17.3 Å². The normalized spacial score (nSPS) is 18.0. The molecule has 32 heavy (non-hydrogen) atoms. The van der Waals surface area contributed by atoms with Gasteiger partial charge >= 0.3 is 0 Å². The van der Waals surface area contributed by atoms with Crippen LogP contribution in [0.2, 0.25) is 0 Å². The Kier molecular flexibility index (Phi) is 5.87. The van der Waals surface area contributed by atoms with E-state index < -0.39 is 37.3 Å². The number of amides is 2. The minimum Gasteiger partial charge on any atom is -0.285 e. The molecule has 0 bridgehead atoms. The lowest BCUT2D eigenvalue weighted by Crippen LogP contribution is -2.43. The summed E-state index contributed by atoms with van der Waals surface area (Å²) in [4.78, 5) is 24.2. The molecule has 3 aromatic rings. The van der Waals surface area contributed by atoms with Gasteiger partial charge in [0, 0.05) is 12.0 Å². The van der Waals surface area contributed by atoms with E-state index in [0.717, 1.165) is 35.4 Å². The highest BCUT2D eigenvalue weighted by molar-refractivity contribution is 8.25. The molecule has 0 aliphatic carbocycles. The van der Waals surface area contributed by atoms with Crippen LogP contribution in [0.3, 0.4) is 0 Å². The molecule has 4 rings (SSSR count). The van der Waals surface area contributed by atoms with Gasteiger partial charge in [-0.15, -0.1) is 0 Å². The zero-order chi connectivity index (χ0) is 22.8. The van der Waals surface area contributed by atoms with Gasteiger partial charge in [-0.25, -0.2) is 12.8 Å². The molecule has 2 amide bonds. The maximum Gasteiger partial charge on any atom is 0.287 e. The molecule has 5 nitrogen and oxygen atoms in total. The Morgan fingerprint density at radius 2 is 1.50 bits per heavy atom. The standard InChI is InChI=1S/C24H16FNO4S2/c25-20-12-14-21(15-13-20)32(29,30)24(22(27)26-23(28)31-24)16-4-5-17-8-10-19(11-9-17)18-6-2-1-3-7-18/h1-3,6-15H,16H2,(H,26,27,28). The summed E-state index contributed by atoms with van der Waals surface area (Å²) in [5, 5.41) is 1.26. The first kappa shape index (κ1) is 21.8. The zero-order valence-electron chi connectivity index (χ0n) is 16.5. The van der Waals surface area contributed by atoms with E-state index >= 15 is 0 Å². The second kappa shape index (κ2) is 8.61. The second-order valence-corrected chi connectivity index (χ2v) is 10.7. The maximum absolute atomic E-state index is 13.3. The van der Waals surface area contributed by atoms with Crippen molar-refractivity contribution in [3.63, 3.8) is 0 Å². The fourth-order valence-electron chi connectivity index (χ4n) is 3.24. The minimum absolute atomic E-state index is 0.259. The molecule has 0 aromatic heterocycles. The first-order valence-electron chi connectivity index (χ1n) is 9.51. The summed E-state index contributed by atoms with van der Waals surface area (Å²) in [5.41, 5.74) is 2.69. The number of thioether (sulfide) groups is 1. The minimum atomic E-state index is -4.34. The van der Waals surface area contributed by atoms with Crippen LogP contribution in [-0.4, -0.2) is 23.6 Å². The molecule has 1 N–H and O–H groups in total. The van der Waals surface area contributed by atoms with E-state index in [1.165, 1.54) is 0 Å². The number of carbonyl (C=O) groups excluding carboxylic acids is 2. The average molecular weight is 466 g/mol. The molecule has 1 fully saturated rings. The van der Waals surface area contributed by atoms with Crippen molar-refractivity contribution < 1.29 is 22.4 Å². The van der Waals surface area contributed by atoms with E-state index in [-0.39, 0.29) is 4.90 Å². The highest BCUT2D eigenvalue weighted by atomic mass is 32.3. The molecular formula is C24H16FNO4S2. The van der Waals surface area contributed by atoms with Crippen LogP contribution in [0.4, 0.5) is 9.18 Å². The van der Waals surface area contributed by atoms with Crippen LogP contribution in [-0.2, 0) is 14.6 Å². The number of hydrogen-bond donors (Lipinski definition) is 1. The van der Waals surface area contributed by atoms with Crippen LogP contribution in [0.15, 0.2) is 83.8 Å². The summed E-state index contributed by atoms with van der Waals surface area (Å²) >= 11 is 0.378. The van der Waals surface area contributed by atoms with E-state index in [9.17, 15) is 22.4 Å².